The maximum absolute atomic E-state index is 13.1. The van der Waals surface area contributed by atoms with Gasteiger partial charge in [-0.1, -0.05) is 34.8 Å². The molecule has 4 atom stereocenters. The van der Waals surface area contributed by atoms with Gasteiger partial charge >= 0.3 is 5.97 Å². The van der Waals surface area contributed by atoms with Crippen LogP contribution in [0.15, 0.2) is 48.9 Å². The highest BCUT2D eigenvalue weighted by Crippen LogP contribution is 2.52. The Morgan fingerprint density at radius 1 is 1.18 bits per heavy atom. The number of aliphatic carboxylic acids is 1. The first kappa shape index (κ1) is 27.4. The van der Waals surface area contributed by atoms with Crippen molar-refractivity contribution in [2.75, 3.05) is 13.2 Å². The van der Waals surface area contributed by atoms with E-state index in [1.807, 2.05) is 0 Å². The van der Waals surface area contributed by atoms with Crippen LogP contribution < -0.4 is 14.8 Å². The highest BCUT2D eigenvalue weighted by molar-refractivity contribution is 8.00. The highest BCUT2D eigenvalue weighted by atomic mass is 35.5. The van der Waals surface area contributed by atoms with Crippen LogP contribution in [-0.4, -0.2) is 61.7 Å². The van der Waals surface area contributed by atoms with E-state index in [0.717, 1.165) is 0 Å². The molecule has 3 aromatic rings. The Morgan fingerprint density at radius 2 is 1.90 bits per heavy atom. The molecule has 1 aromatic heterocycles. The summed E-state index contributed by atoms with van der Waals surface area (Å²) in [7, 11) is 0. The van der Waals surface area contributed by atoms with Crippen LogP contribution in [0.5, 0.6) is 17.2 Å². The lowest BCUT2D eigenvalue weighted by molar-refractivity contribution is -0.161. The number of halogens is 3. The van der Waals surface area contributed by atoms with Crippen molar-refractivity contribution in [1.82, 2.24) is 20.2 Å². The van der Waals surface area contributed by atoms with Gasteiger partial charge in [0.25, 0.3) is 0 Å². The van der Waals surface area contributed by atoms with Crippen LogP contribution in [0.25, 0.3) is 0 Å². The minimum absolute atomic E-state index is 0.146. The molecule has 2 aromatic carbocycles. The first-order valence-electron chi connectivity index (χ1n) is 11.6. The number of nitrogens with zero attached hydrogens (tertiary/aromatic N) is 2. The number of carbonyl (C=O) groups is 3. The molecular weight excluding hydrogens is 591 g/mol. The third-order valence-corrected chi connectivity index (χ3v) is 8.90. The largest absolute Gasteiger partial charge is 0.488 e. The SMILES string of the molecule is CC(=O)NC1S[C@@H]2C(c3cnc[nH]3)C(=O)N2CC1(COc1cc(Cl)ccc1Oc1ccc(Cl)cc1Cl)C(=O)O. The van der Waals surface area contributed by atoms with Gasteiger partial charge in [0.2, 0.25) is 11.8 Å². The minimum Gasteiger partial charge on any atom is -0.488 e. The summed E-state index contributed by atoms with van der Waals surface area (Å²) in [5, 5.41) is 12.9. The van der Waals surface area contributed by atoms with Gasteiger partial charge in [-0.05, 0) is 30.3 Å². The molecule has 0 saturated carbocycles. The van der Waals surface area contributed by atoms with Crippen molar-refractivity contribution in [1.29, 1.82) is 0 Å². The molecule has 14 heteroatoms. The molecule has 0 radical (unpaired) electrons. The van der Waals surface area contributed by atoms with Crippen LogP contribution in [0.1, 0.15) is 18.5 Å². The number of aromatic nitrogens is 2. The number of rotatable bonds is 8. The van der Waals surface area contributed by atoms with E-state index >= 15 is 0 Å². The van der Waals surface area contributed by atoms with Gasteiger partial charge in [0, 0.05) is 35.8 Å². The van der Waals surface area contributed by atoms with E-state index in [1.54, 1.807) is 30.5 Å². The predicted molar refractivity (Wildman–Crippen MR) is 146 cm³/mol. The molecule has 0 spiro atoms. The quantitative estimate of drug-likeness (QED) is 0.310. The number of carboxylic acids is 1. The van der Waals surface area contributed by atoms with Crippen molar-refractivity contribution in [3.8, 4) is 17.2 Å². The van der Waals surface area contributed by atoms with Gasteiger partial charge in [-0.15, -0.1) is 11.8 Å². The molecule has 2 amide bonds. The molecule has 0 bridgehead atoms. The van der Waals surface area contributed by atoms with Gasteiger partial charge in [-0.2, -0.15) is 0 Å². The van der Waals surface area contributed by atoms with Crippen molar-refractivity contribution >= 4 is 64.3 Å². The number of H-pyrrole nitrogens is 1. The Labute approximate surface area is 241 Å². The summed E-state index contributed by atoms with van der Waals surface area (Å²) in [6.07, 6.45) is 3.03. The maximum Gasteiger partial charge on any atom is 0.317 e. The molecule has 2 fully saturated rings. The molecule has 2 aliphatic rings. The lowest BCUT2D eigenvalue weighted by Crippen LogP contribution is -2.71. The molecule has 2 aliphatic heterocycles. The lowest BCUT2D eigenvalue weighted by atomic mass is 9.83. The second-order valence-corrected chi connectivity index (χ2v) is 11.6. The number of nitrogens with one attached hydrogen (secondary N) is 2. The van der Waals surface area contributed by atoms with Crippen LogP contribution in [0.2, 0.25) is 15.1 Å². The summed E-state index contributed by atoms with van der Waals surface area (Å²) in [6.45, 7) is 0.711. The van der Waals surface area contributed by atoms with E-state index in [9.17, 15) is 19.5 Å². The van der Waals surface area contributed by atoms with Crippen LogP contribution in [0.4, 0.5) is 0 Å². The highest BCUT2D eigenvalue weighted by Gasteiger charge is 2.62. The van der Waals surface area contributed by atoms with Gasteiger partial charge in [-0.3, -0.25) is 14.4 Å². The monoisotopic (exact) mass is 610 g/mol. The van der Waals surface area contributed by atoms with Crippen LogP contribution in [0, 0.1) is 5.41 Å². The number of carbonyl (C=O) groups excluding carboxylic acids is 2. The Kier molecular flexibility index (Phi) is 7.60. The fraction of sp³-hybridized carbons (Fsp3) is 0.280. The van der Waals surface area contributed by atoms with Crippen LogP contribution in [0.3, 0.4) is 0 Å². The average Bonchev–Trinajstić information content (AvgIpc) is 3.39. The van der Waals surface area contributed by atoms with Gasteiger partial charge in [0.15, 0.2) is 11.5 Å². The first-order valence-corrected chi connectivity index (χ1v) is 13.7. The second kappa shape index (κ2) is 10.8. The Hall–Kier alpha value is -3.12. The third kappa shape index (κ3) is 5.23. The smallest absolute Gasteiger partial charge is 0.317 e. The summed E-state index contributed by atoms with van der Waals surface area (Å²) < 4.78 is 12.0. The Balaban J connectivity index is 1.43. The zero-order valence-corrected chi connectivity index (χ0v) is 23.3. The summed E-state index contributed by atoms with van der Waals surface area (Å²) in [5.74, 6) is -1.76. The van der Waals surface area contributed by atoms with E-state index < -0.39 is 35.2 Å². The summed E-state index contributed by atoms with van der Waals surface area (Å²) >= 11 is 19.6. The number of imidazole rings is 1. The minimum atomic E-state index is -1.70. The molecule has 0 aliphatic carbocycles. The average molecular weight is 612 g/mol. The third-order valence-electron chi connectivity index (χ3n) is 6.49. The van der Waals surface area contributed by atoms with Crippen molar-refractivity contribution in [3.05, 3.63) is 69.7 Å². The van der Waals surface area contributed by atoms with E-state index in [2.05, 4.69) is 15.3 Å². The number of benzene rings is 2. The number of ether oxygens (including phenoxy) is 2. The summed E-state index contributed by atoms with van der Waals surface area (Å²) in [6, 6.07) is 9.32. The number of hydrogen-bond acceptors (Lipinski definition) is 7. The van der Waals surface area contributed by atoms with E-state index in [1.165, 1.54) is 42.0 Å². The number of thioether (sulfide) groups is 1. The van der Waals surface area contributed by atoms with Gasteiger partial charge in [0.1, 0.15) is 23.7 Å². The predicted octanol–water partition coefficient (Wildman–Crippen LogP) is 4.77. The molecule has 204 valence electrons. The zero-order valence-electron chi connectivity index (χ0n) is 20.2. The Bertz CT molecular complexity index is 1440. The molecule has 10 nitrogen and oxygen atoms in total. The molecule has 3 unspecified atom stereocenters. The van der Waals surface area contributed by atoms with Crippen LogP contribution in [-0.2, 0) is 14.4 Å². The summed E-state index contributed by atoms with van der Waals surface area (Å²) in [5.41, 5.74) is -1.07. The molecule has 5 rings (SSSR count). The number of aromatic amines is 1. The van der Waals surface area contributed by atoms with E-state index in [4.69, 9.17) is 44.3 Å². The van der Waals surface area contributed by atoms with E-state index in [-0.39, 0.29) is 34.3 Å². The zero-order chi connectivity index (χ0) is 27.9. The number of hydrogen-bond donors (Lipinski definition) is 3. The van der Waals surface area contributed by atoms with Crippen LogP contribution >= 0.6 is 46.6 Å². The van der Waals surface area contributed by atoms with E-state index in [0.29, 0.717) is 21.5 Å². The fourth-order valence-electron chi connectivity index (χ4n) is 4.51. The number of β-lactam (4-membered cyclic amide) rings is 1. The fourth-order valence-corrected chi connectivity index (χ4v) is 6.88. The summed E-state index contributed by atoms with van der Waals surface area (Å²) in [4.78, 5) is 46.4. The Morgan fingerprint density at radius 3 is 2.54 bits per heavy atom. The topological polar surface area (TPSA) is 134 Å². The lowest BCUT2D eigenvalue weighted by Gasteiger charge is -2.56. The normalized spacial score (nSPS) is 23.9. The molecule has 3 N–H and O–H groups in total. The van der Waals surface area contributed by atoms with Crippen molar-refractivity contribution in [2.24, 2.45) is 5.41 Å². The first-order chi connectivity index (χ1) is 18.6. The number of fused-ring (bicyclic) bond motifs is 1. The molecule has 39 heavy (non-hydrogen) atoms. The number of amides is 2. The van der Waals surface area contributed by atoms with Crippen molar-refractivity contribution in [3.63, 3.8) is 0 Å². The van der Waals surface area contributed by atoms with Crippen molar-refractivity contribution in [2.45, 2.75) is 23.6 Å². The van der Waals surface area contributed by atoms with Gasteiger partial charge < -0.3 is 29.8 Å². The molecular formula is C25H21Cl3N4O6S. The second-order valence-electron chi connectivity index (χ2n) is 9.08. The van der Waals surface area contributed by atoms with Gasteiger partial charge in [-0.25, -0.2) is 4.98 Å². The molecule has 3 heterocycles. The maximum atomic E-state index is 13.1. The van der Waals surface area contributed by atoms with Gasteiger partial charge in [0.05, 0.1) is 27.8 Å². The molecule has 2 saturated heterocycles. The standard InChI is InChI=1S/C25H21Cl3N4O6S/c1-12(33)31-23-25(24(35)36,9-32-21(34)20(22(32)39-23)16-8-29-11-30-16)10-37-19-7-14(27)3-5-18(19)38-17-4-2-13(26)6-15(17)28/h2-8,11,20,22-23H,9-10H2,1H3,(H,29,30)(H,31,33)(H,35,36)/t20?,22-,23?,25?/m1/s1. The van der Waals surface area contributed by atoms with Crippen molar-refractivity contribution < 1.29 is 29.0 Å². The number of carboxylic acid groups (broad SMARTS) is 1.